The number of nitrogens with one attached hydrogen (secondary N) is 1. The molecule has 1 aromatic heterocycles. The zero-order valence-electron chi connectivity index (χ0n) is 27.8. The quantitative estimate of drug-likeness (QED) is 0.155. The van der Waals surface area contributed by atoms with Crippen LogP contribution in [0.25, 0.3) is 22.3 Å². The normalized spacial score (nSPS) is 15.8. The summed E-state index contributed by atoms with van der Waals surface area (Å²) >= 11 is 0. The van der Waals surface area contributed by atoms with Crippen molar-refractivity contribution in [3.8, 4) is 45.8 Å². The van der Waals surface area contributed by atoms with Crippen molar-refractivity contribution in [2.45, 2.75) is 29.8 Å². The number of nitro groups is 1. The summed E-state index contributed by atoms with van der Waals surface area (Å²) in [5, 5.41) is 13.2. The summed E-state index contributed by atoms with van der Waals surface area (Å²) in [5.74, 6) is 1.44. The minimum Gasteiger partial charge on any atom is -0.496 e. The molecule has 0 radical (unpaired) electrons. The van der Waals surface area contributed by atoms with Gasteiger partial charge in [0, 0.05) is 49.5 Å². The Labute approximate surface area is 282 Å². The first-order valence-electron chi connectivity index (χ1n) is 15.2. The van der Waals surface area contributed by atoms with E-state index in [1.165, 1.54) is 47.7 Å². The number of ether oxygens (including phenoxy) is 6. The van der Waals surface area contributed by atoms with Crippen molar-refractivity contribution in [2.75, 3.05) is 55.2 Å². The van der Waals surface area contributed by atoms with Crippen molar-refractivity contribution in [3.63, 3.8) is 0 Å². The number of benzene rings is 3. The average molecular weight is 700 g/mol. The highest BCUT2D eigenvalue weighted by atomic mass is 32.2. The maximum absolute atomic E-state index is 14.4. The summed E-state index contributed by atoms with van der Waals surface area (Å²) in [5.41, 5.74) is -0.210. The van der Waals surface area contributed by atoms with Gasteiger partial charge in [0.25, 0.3) is 5.69 Å². The van der Waals surface area contributed by atoms with E-state index < -0.39 is 31.8 Å². The first kappa shape index (κ1) is 35.3. The number of fused-ring (bicyclic) bond motifs is 1. The molecular formula is C33H37N3O12S. The fourth-order valence-electron chi connectivity index (χ4n) is 5.71. The molecule has 3 aromatic carbocycles. The Hall–Kier alpha value is -5.06. The van der Waals surface area contributed by atoms with Gasteiger partial charge < -0.3 is 32.8 Å². The Morgan fingerprint density at radius 2 is 1.59 bits per heavy atom. The van der Waals surface area contributed by atoms with Crippen LogP contribution in [0.5, 0.6) is 34.5 Å². The van der Waals surface area contributed by atoms with Crippen LogP contribution in [0.1, 0.15) is 13.3 Å². The first-order chi connectivity index (χ1) is 23.5. The van der Waals surface area contributed by atoms with Gasteiger partial charge in [-0.25, -0.2) is 8.42 Å². The molecule has 2 atom stereocenters. The first-order valence-corrected chi connectivity index (χ1v) is 16.7. The topological polar surface area (TPSA) is 178 Å². The molecule has 1 saturated heterocycles. The predicted octanol–water partition coefficient (Wildman–Crippen LogP) is 4.23. The van der Waals surface area contributed by atoms with Crippen LogP contribution in [0, 0.1) is 10.1 Å². The lowest BCUT2D eigenvalue weighted by Crippen LogP contribution is -2.57. The van der Waals surface area contributed by atoms with Crippen LogP contribution in [0.2, 0.25) is 0 Å². The van der Waals surface area contributed by atoms with Crippen molar-refractivity contribution < 1.29 is 46.2 Å². The molecule has 2 unspecified atom stereocenters. The third-order valence-corrected chi connectivity index (χ3v) is 10.2. The van der Waals surface area contributed by atoms with E-state index in [2.05, 4.69) is 5.32 Å². The summed E-state index contributed by atoms with van der Waals surface area (Å²) in [6.07, 6.45) is -0.419. The Morgan fingerprint density at radius 3 is 2.14 bits per heavy atom. The van der Waals surface area contributed by atoms with Crippen LogP contribution in [0.3, 0.4) is 0 Å². The van der Waals surface area contributed by atoms with Gasteiger partial charge in [-0.2, -0.15) is 0 Å². The number of nitrogens with zero attached hydrogens (tertiary/aromatic N) is 2. The molecule has 0 spiro atoms. The second kappa shape index (κ2) is 14.6. The third kappa shape index (κ3) is 6.79. The SMILES string of the molecule is CCC(Oc1c(-c2cc(OC)c(OC)c(OC)c2)oc2cc(OC)cc(OC)c2c1=O)N1CCNC(S(=O)(=O)c2ccc([N+](=O)[O-])cc2)C1. The van der Waals surface area contributed by atoms with Gasteiger partial charge in [0.2, 0.25) is 16.9 Å². The molecule has 49 heavy (non-hydrogen) atoms. The van der Waals surface area contributed by atoms with E-state index in [0.29, 0.717) is 41.5 Å². The van der Waals surface area contributed by atoms with E-state index in [1.807, 2.05) is 11.8 Å². The standard InChI is InChI=1S/C33H37N3O12S/c1-7-28(35-13-12-34-27(18-35)49(40,41)22-10-8-20(9-11-22)36(38)39)48-33-30(37)29-23(43-3)16-21(42-2)17-24(29)47-31(33)19-14-25(44-4)32(46-6)26(15-19)45-5/h8-11,14-17,27-28,34H,7,12-13,18H2,1-6H3. The summed E-state index contributed by atoms with van der Waals surface area (Å²) in [6, 6.07) is 11.1. The van der Waals surface area contributed by atoms with Crippen LogP contribution < -0.4 is 39.2 Å². The number of non-ortho nitro benzene ring substituents is 1. The zero-order valence-corrected chi connectivity index (χ0v) is 28.6. The summed E-state index contributed by atoms with van der Waals surface area (Å²) in [6.45, 7) is 2.52. The molecule has 4 aromatic rings. The number of nitro benzene ring substituents is 1. The minimum absolute atomic E-state index is 0.00320. The van der Waals surface area contributed by atoms with E-state index in [1.54, 1.807) is 24.3 Å². The van der Waals surface area contributed by atoms with E-state index in [0.717, 1.165) is 12.1 Å². The molecule has 2 heterocycles. The van der Waals surface area contributed by atoms with Crippen LogP contribution in [-0.2, 0) is 9.84 Å². The fraction of sp³-hybridized carbons (Fsp3) is 0.364. The summed E-state index contributed by atoms with van der Waals surface area (Å²) in [4.78, 5) is 26.6. The molecule has 0 amide bonds. The molecule has 16 heteroatoms. The Balaban J connectivity index is 1.60. The van der Waals surface area contributed by atoms with Crippen LogP contribution in [0.4, 0.5) is 5.69 Å². The number of rotatable bonds is 13. The molecule has 1 aliphatic heterocycles. The number of piperazine rings is 1. The van der Waals surface area contributed by atoms with Crippen molar-refractivity contribution in [3.05, 3.63) is 68.9 Å². The molecule has 0 aliphatic carbocycles. The number of sulfone groups is 1. The van der Waals surface area contributed by atoms with E-state index in [4.69, 9.17) is 32.8 Å². The Morgan fingerprint density at radius 1 is 0.939 bits per heavy atom. The van der Waals surface area contributed by atoms with Gasteiger partial charge in [0.15, 0.2) is 33.3 Å². The maximum Gasteiger partial charge on any atom is 0.269 e. The number of methoxy groups -OCH3 is 5. The Kier molecular flexibility index (Phi) is 10.5. The van der Waals surface area contributed by atoms with Gasteiger partial charge in [-0.1, -0.05) is 6.92 Å². The van der Waals surface area contributed by atoms with Gasteiger partial charge >= 0.3 is 0 Å². The second-order valence-corrected chi connectivity index (χ2v) is 13.1. The molecule has 262 valence electrons. The molecule has 0 bridgehead atoms. The second-order valence-electron chi connectivity index (χ2n) is 10.9. The fourth-order valence-corrected chi connectivity index (χ4v) is 7.28. The number of hydrogen-bond acceptors (Lipinski definition) is 14. The van der Waals surface area contributed by atoms with Gasteiger partial charge in [0.05, 0.1) is 45.4 Å². The Bertz CT molecular complexity index is 1990. The third-order valence-electron chi connectivity index (χ3n) is 8.21. The zero-order chi connectivity index (χ0) is 35.5. The predicted molar refractivity (Wildman–Crippen MR) is 179 cm³/mol. The van der Waals surface area contributed by atoms with Crippen molar-refractivity contribution in [2.24, 2.45) is 0 Å². The summed E-state index contributed by atoms with van der Waals surface area (Å²) in [7, 11) is 3.33. The van der Waals surface area contributed by atoms with Gasteiger partial charge in [0.1, 0.15) is 27.8 Å². The molecule has 15 nitrogen and oxygen atoms in total. The van der Waals surface area contributed by atoms with Crippen molar-refractivity contribution in [1.82, 2.24) is 10.2 Å². The van der Waals surface area contributed by atoms with E-state index in [-0.39, 0.29) is 51.9 Å². The van der Waals surface area contributed by atoms with Crippen LogP contribution >= 0.6 is 0 Å². The molecule has 5 rings (SSSR count). The van der Waals surface area contributed by atoms with Crippen LogP contribution in [-0.4, -0.2) is 85.0 Å². The highest BCUT2D eigenvalue weighted by Gasteiger charge is 2.36. The lowest BCUT2D eigenvalue weighted by Gasteiger charge is -2.38. The lowest BCUT2D eigenvalue weighted by molar-refractivity contribution is -0.384. The molecule has 1 aliphatic rings. The minimum atomic E-state index is -3.96. The summed E-state index contributed by atoms with van der Waals surface area (Å²) < 4.78 is 67.7. The van der Waals surface area contributed by atoms with Crippen molar-refractivity contribution in [1.29, 1.82) is 0 Å². The monoisotopic (exact) mass is 699 g/mol. The van der Waals surface area contributed by atoms with E-state index >= 15 is 0 Å². The molecule has 0 saturated carbocycles. The largest absolute Gasteiger partial charge is 0.496 e. The number of hydrogen-bond donors (Lipinski definition) is 1. The lowest BCUT2D eigenvalue weighted by atomic mass is 10.1. The highest BCUT2D eigenvalue weighted by molar-refractivity contribution is 7.92. The molecule has 1 fully saturated rings. The van der Waals surface area contributed by atoms with Gasteiger partial charge in [-0.05, 0) is 30.7 Å². The average Bonchev–Trinajstić information content (AvgIpc) is 3.13. The van der Waals surface area contributed by atoms with Crippen molar-refractivity contribution >= 4 is 26.5 Å². The molecule has 1 N–H and O–H groups in total. The maximum atomic E-state index is 14.4. The van der Waals surface area contributed by atoms with Gasteiger partial charge in [-0.15, -0.1) is 0 Å². The van der Waals surface area contributed by atoms with Crippen LogP contribution in [0.15, 0.2) is 62.6 Å². The molecular weight excluding hydrogens is 662 g/mol. The van der Waals surface area contributed by atoms with Gasteiger partial charge in [-0.3, -0.25) is 25.1 Å². The van der Waals surface area contributed by atoms with E-state index in [9.17, 15) is 23.3 Å². The smallest absolute Gasteiger partial charge is 0.269 e. The highest BCUT2D eigenvalue weighted by Crippen LogP contribution is 2.44.